The van der Waals surface area contributed by atoms with Gasteiger partial charge in [0.25, 0.3) is 10.0 Å². The van der Waals surface area contributed by atoms with Crippen molar-refractivity contribution >= 4 is 21.8 Å². The van der Waals surface area contributed by atoms with Gasteiger partial charge < -0.3 is 10.2 Å². The van der Waals surface area contributed by atoms with Crippen LogP contribution in [0.4, 0.5) is 0 Å². The number of carbonyl (C=O) groups is 1. The number of carbonyl (C=O) groups excluding carboxylic acids is 1. The molecule has 0 aromatic heterocycles. The Labute approximate surface area is 142 Å². The predicted molar refractivity (Wildman–Crippen MR) is 91.5 cm³/mol. The molecule has 3 rings (SSSR count). The lowest BCUT2D eigenvalue weighted by molar-refractivity contribution is -0.131. The van der Waals surface area contributed by atoms with Gasteiger partial charge in [-0.25, -0.2) is 8.42 Å². The third-order valence-corrected chi connectivity index (χ3v) is 5.57. The van der Waals surface area contributed by atoms with E-state index in [0.29, 0.717) is 30.8 Å². The van der Waals surface area contributed by atoms with Crippen LogP contribution in [0.25, 0.3) is 0 Å². The Morgan fingerprint density at radius 2 is 2.04 bits per heavy atom. The summed E-state index contributed by atoms with van der Waals surface area (Å²) in [5.74, 6) is 0.517. The molecular formula is C16H22N4O3S. The van der Waals surface area contributed by atoms with E-state index in [0.717, 1.165) is 32.6 Å². The van der Waals surface area contributed by atoms with Crippen molar-refractivity contribution in [2.75, 3.05) is 32.7 Å². The van der Waals surface area contributed by atoms with Crippen LogP contribution in [-0.4, -0.2) is 57.8 Å². The van der Waals surface area contributed by atoms with Crippen molar-refractivity contribution in [2.24, 2.45) is 4.99 Å². The van der Waals surface area contributed by atoms with Gasteiger partial charge in [0.15, 0.2) is 0 Å². The smallest absolute Gasteiger partial charge is 0.263 e. The third kappa shape index (κ3) is 3.76. The first-order valence-electron chi connectivity index (χ1n) is 8.23. The van der Waals surface area contributed by atoms with Crippen LogP contribution in [0.5, 0.6) is 0 Å². The number of hydrogen-bond acceptors (Lipinski definition) is 5. The minimum atomic E-state index is -3.49. The van der Waals surface area contributed by atoms with Crippen molar-refractivity contribution in [3.05, 3.63) is 29.8 Å². The highest BCUT2D eigenvalue weighted by atomic mass is 32.2. The van der Waals surface area contributed by atoms with E-state index in [1.54, 1.807) is 24.3 Å². The Morgan fingerprint density at radius 3 is 2.92 bits per heavy atom. The molecule has 1 amide bonds. The van der Waals surface area contributed by atoms with E-state index in [-0.39, 0.29) is 10.8 Å². The van der Waals surface area contributed by atoms with Gasteiger partial charge in [0.2, 0.25) is 5.91 Å². The number of benzene rings is 1. The number of sulfonamides is 1. The molecule has 0 unspecified atom stereocenters. The Balaban J connectivity index is 1.55. The minimum Gasteiger partial charge on any atom is -0.341 e. The lowest BCUT2D eigenvalue weighted by Crippen LogP contribution is -2.34. The van der Waals surface area contributed by atoms with Crippen molar-refractivity contribution in [3.63, 3.8) is 0 Å². The molecule has 2 N–H and O–H groups in total. The third-order valence-electron chi connectivity index (χ3n) is 4.17. The maximum Gasteiger partial charge on any atom is 0.263 e. The number of nitrogens with zero attached hydrogens (tertiary/aromatic N) is 2. The second-order valence-electron chi connectivity index (χ2n) is 5.92. The van der Waals surface area contributed by atoms with Gasteiger partial charge in [-0.1, -0.05) is 12.1 Å². The van der Waals surface area contributed by atoms with Crippen LogP contribution in [0.1, 0.15) is 24.8 Å². The highest BCUT2D eigenvalue weighted by Gasteiger charge is 2.29. The molecule has 2 aliphatic rings. The largest absolute Gasteiger partial charge is 0.341 e. The summed E-state index contributed by atoms with van der Waals surface area (Å²) >= 11 is 0. The summed E-state index contributed by atoms with van der Waals surface area (Å²) in [6, 6.07) is 6.78. The average molecular weight is 350 g/mol. The molecular weight excluding hydrogens is 328 g/mol. The molecule has 24 heavy (non-hydrogen) atoms. The number of amidine groups is 1. The van der Waals surface area contributed by atoms with Gasteiger partial charge in [-0.15, -0.1) is 0 Å². The highest BCUT2D eigenvalue weighted by molar-refractivity contribution is 7.90. The quantitative estimate of drug-likeness (QED) is 0.766. The van der Waals surface area contributed by atoms with E-state index in [1.807, 2.05) is 4.90 Å². The SMILES string of the molecule is O=C(CCCN=C1NS(=O)(=O)c2ccccc21)N1CCCNCC1. The second kappa shape index (κ2) is 7.31. The fourth-order valence-corrected chi connectivity index (χ4v) is 4.18. The molecule has 1 aromatic carbocycles. The van der Waals surface area contributed by atoms with Gasteiger partial charge in [0.05, 0.1) is 4.90 Å². The summed E-state index contributed by atoms with van der Waals surface area (Å²) in [6.07, 6.45) is 2.02. The molecule has 7 nitrogen and oxygen atoms in total. The fourth-order valence-electron chi connectivity index (χ4n) is 2.93. The molecule has 0 radical (unpaired) electrons. The van der Waals surface area contributed by atoms with Gasteiger partial charge in [-0.2, -0.15) is 0 Å². The molecule has 130 valence electrons. The Morgan fingerprint density at radius 1 is 1.21 bits per heavy atom. The molecule has 0 spiro atoms. The zero-order valence-corrected chi connectivity index (χ0v) is 14.3. The topological polar surface area (TPSA) is 90.9 Å². The van der Waals surface area contributed by atoms with E-state index in [9.17, 15) is 13.2 Å². The summed E-state index contributed by atoms with van der Waals surface area (Å²) in [5.41, 5.74) is 0.599. The maximum atomic E-state index is 12.2. The van der Waals surface area contributed by atoms with E-state index in [4.69, 9.17) is 0 Å². The number of fused-ring (bicyclic) bond motifs is 1. The molecule has 0 saturated carbocycles. The van der Waals surface area contributed by atoms with E-state index in [2.05, 4.69) is 15.0 Å². The van der Waals surface area contributed by atoms with Crippen LogP contribution in [0.2, 0.25) is 0 Å². The van der Waals surface area contributed by atoms with Crippen LogP contribution in [0.3, 0.4) is 0 Å². The lowest BCUT2D eigenvalue weighted by Gasteiger charge is -2.19. The summed E-state index contributed by atoms with van der Waals surface area (Å²) in [6.45, 7) is 3.77. The molecule has 1 fully saturated rings. The molecule has 0 aliphatic carbocycles. The van der Waals surface area contributed by atoms with Crippen LogP contribution >= 0.6 is 0 Å². The van der Waals surface area contributed by atoms with Crippen molar-refractivity contribution in [1.82, 2.24) is 14.9 Å². The zero-order chi connectivity index (χ0) is 17.0. The molecule has 1 aromatic rings. The standard InChI is InChI=1S/C16H22N4O3S/c21-15(20-11-4-8-17-10-12-20)7-3-9-18-16-13-5-1-2-6-14(13)24(22,23)19-16/h1-2,5-6,17H,3-4,7-12H2,(H,18,19). The van der Waals surface area contributed by atoms with Crippen LogP contribution in [0, 0.1) is 0 Å². The van der Waals surface area contributed by atoms with Crippen molar-refractivity contribution in [2.45, 2.75) is 24.2 Å². The summed E-state index contributed by atoms with van der Waals surface area (Å²) < 4.78 is 26.4. The molecule has 2 heterocycles. The number of hydrogen-bond donors (Lipinski definition) is 2. The fraction of sp³-hybridized carbons (Fsp3) is 0.500. The van der Waals surface area contributed by atoms with Crippen molar-refractivity contribution in [3.8, 4) is 0 Å². The predicted octanol–water partition coefficient (Wildman–Crippen LogP) is 0.327. The van der Waals surface area contributed by atoms with Crippen LogP contribution < -0.4 is 10.0 Å². The van der Waals surface area contributed by atoms with E-state index in [1.165, 1.54) is 0 Å². The van der Waals surface area contributed by atoms with Crippen LogP contribution in [0.15, 0.2) is 34.2 Å². The van der Waals surface area contributed by atoms with E-state index < -0.39 is 10.0 Å². The lowest BCUT2D eigenvalue weighted by atomic mass is 10.2. The Hall–Kier alpha value is -1.93. The molecule has 0 atom stereocenters. The first-order valence-corrected chi connectivity index (χ1v) is 9.71. The Bertz CT molecular complexity index is 737. The first-order chi connectivity index (χ1) is 11.6. The summed E-state index contributed by atoms with van der Waals surface area (Å²) in [7, 11) is -3.49. The monoisotopic (exact) mass is 350 g/mol. The molecule has 2 aliphatic heterocycles. The van der Waals surface area contributed by atoms with Crippen molar-refractivity contribution in [1.29, 1.82) is 0 Å². The van der Waals surface area contributed by atoms with Crippen LogP contribution in [-0.2, 0) is 14.8 Å². The van der Waals surface area contributed by atoms with Gasteiger partial charge in [0.1, 0.15) is 5.84 Å². The first kappa shape index (κ1) is 16.9. The number of nitrogens with one attached hydrogen (secondary N) is 2. The molecule has 1 saturated heterocycles. The van der Waals surface area contributed by atoms with Gasteiger partial charge in [-0.3, -0.25) is 14.5 Å². The van der Waals surface area contributed by atoms with Gasteiger partial charge in [-0.05, 0) is 31.5 Å². The van der Waals surface area contributed by atoms with Crippen molar-refractivity contribution < 1.29 is 13.2 Å². The molecule has 0 bridgehead atoms. The highest BCUT2D eigenvalue weighted by Crippen LogP contribution is 2.22. The number of aliphatic imine (C=N–C) groups is 1. The summed E-state index contributed by atoms with van der Waals surface area (Å²) in [4.78, 5) is 18.7. The second-order valence-corrected chi connectivity index (χ2v) is 7.57. The average Bonchev–Trinajstić information content (AvgIpc) is 2.76. The maximum absolute atomic E-state index is 12.2. The number of amides is 1. The molecule has 8 heteroatoms. The summed E-state index contributed by atoms with van der Waals surface area (Å²) in [5, 5.41) is 3.27. The Kier molecular flexibility index (Phi) is 5.15. The van der Waals surface area contributed by atoms with E-state index >= 15 is 0 Å². The van der Waals surface area contributed by atoms with Gasteiger partial charge in [0, 0.05) is 38.2 Å². The van der Waals surface area contributed by atoms with Gasteiger partial charge >= 0.3 is 0 Å². The normalized spacial score (nSPS) is 21.2. The zero-order valence-electron chi connectivity index (χ0n) is 13.5. The number of rotatable bonds is 4. The minimum absolute atomic E-state index is 0.145.